The van der Waals surface area contributed by atoms with Crippen LogP contribution >= 0.6 is 11.6 Å². The third kappa shape index (κ3) is 2.08. The Morgan fingerprint density at radius 1 is 1.40 bits per heavy atom. The Morgan fingerprint density at radius 2 is 2.20 bits per heavy atom. The number of amides is 1. The minimum absolute atomic E-state index is 0.0157. The summed E-state index contributed by atoms with van der Waals surface area (Å²) in [6, 6.07) is 4.24. The van der Waals surface area contributed by atoms with Gasteiger partial charge in [-0.3, -0.25) is 9.48 Å². The Bertz CT molecular complexity index is 705. The van der Waals surface area contributed by atoms with Gasteiger partial charge in [-0.1, -0.05) is 17.7 Å². The van der Waals surface area contributed by atoms with Gasteiger partial charge in [0.2, 0.25) is 0 Å². The van der Waals surface area contributed by atoms with Gasteiger partial charge < -0.3 is 0 Å². The van der Waals surface area contributed by atoms with Crippen molar-refractivity contribution in [3.05, 3.63) is 47.0 Å². The molecule has 0 aliphatic carbocycles. The predicted molar refractivity (Wildman–Crippen MR) is 73.3 cm³/mol. The predicted octanol–water partition coefficient (Wildman–Crippen LogP) is 2.35. The van der Waals surface area contributed by atoms with E-state index in [1.165, 1.54) is 18.2 Å². The van der Waals surface area contributed by atoms with Gasteiger partial charge in [-0.05, 0) is 12.1 Å². The molecule has 0 N–H and O–H groups in total. The molecule has 0 radical (unpaired) electrons. The first-order valence-electron chi connectivity index (χ1n) is 5.89. The van der Waals surface area contributed by atoms with Crippen LogP contribution in [0.15, 0.2) is 35.7 Å². The molecule has 1 amide bonds. The van der Waals surface area contributed by atoms with E-state index in [0.29, 0.717) is 5.71 Å². The normalized spacial score (nSPS) is 14.8. The minimum atomic E-state index is -0.581. The van der Waals surface area contributed by atoms with E-state index >= 15 is 0 Å². The Labute approximate surface area is 119 Å². The van der Waals surface area contributed by atoms with E-state index in [2.05, 4.69) is 10.2 Å². The lowest BCUT2D eigenvalue weighted by Crippen LogP contribution is -2.21. The van der Waals surface area contributed by atoms with Crippen LogP contribution in [0.5, 0.6) is 0 Å². The van der Waals surface area contributed by atoms with E-state index in [9.17, 15) is 9.18 Å². The molecule has 3 rings (SSSR count). The number of aromatic nitrogens is 2. The molecule has 0 atom stereocenters. The maximum atomic E-state index is 13.8. The standard InChI is InChI=1S/C13H10ClFN4O/c1-18-7-8(6-16-18)11-5-12(20)19(17-11)13-9(14)3-2-4-10(13)15/h2-4,6-7H,5H2,1H3. The van der Waals surface area contributed by atoms with Crippen LogP contribution in [0.2, 0.25) is 5.02 Å². The molecule has 102 valence electrons. The van der Waals surface area contributed by atoms with E-state index in [1.807, 2.05) is 0 Å². The van der Waals surface area contributed by atoms with Crippen LogP contribution in [-0.2, 0) is 11.8 Å². The zero-order chi connectivity index (χ0) is 14.3. The van der Waals surface area contributed by atoms with Crippen LogP contribution in [-0.4, -0.2) is 21.4 Å². The molecule has 0 unspecified atom stereocenters. The summed E-state index contributed by atoms with van der Waals surface area (Å²) in [5.74, 6) is -0.905. The average Bonchev–Trinajstić information content (AvgIpc) is 2.96. The second-order valence-corrected chi connectivity index (χ2v) is 4.81. The van der Waals surface area contributed by atoms with Crippen molar-refractivity contribution in [2.24, 2.45) is 12.1 Å². The van der Waals surface area contributed by atoms with Gasteiger partial charge in [0.1, 0.15) is 5.69 Å². The number of halogens is 2. The molecule has 0 fully saturated rings. The number of para-hydroxylation sites is 1. The van der Waals surface area contributed by atoms with Gasteiger partial charge in [-0.2, -0.15) is 15.2 Å². The molecule has 7 heteroatoms. The van der Waals surface area contributed by atoms with Crippen LogP contribution in [0, 0.1) is 5.82 Å². The molecule has 0 saturated heterocycles. The van der Waals surface area contributed by atoms with Crippen molar-refractivity contribution in [3.8, 4) is 0 Å². The summed E-state index contributed by atoms with van der Waals surface area (Å²) in [7, 11) is 1.77. The second kappa shape index (κ2) is 4.72. The lowest BCUT2D eigenvalue weighted by molar-refractivity contribution is -0.116. The number of nitrogens with zero attached hydrogens (tertiary/aromatic N) is 4. The molecule has 0 saturated carbocycles. The van der Waals surface area contributed by atoms with E-state index in [-0.39, 0.29) is 23.0 Å². The Kier molecular flexibility index (Phi) is 3.02. The molecule has 1 aliphatic heterocycles. The quantitative estimate of drug-likeness (QED) is 0.853. The first-order chi connectivity index (χ1) is 9.56. The molecular weight excluding hydrogens is 283 g/mol. The first kappa shape index (κ1) is 12.8. The summed E-state index contributed by atoms with van der Waals surface area (Å²) in [6.45, 7) is 0. The SMILES string of the molecule is Cn1cc(C2=NN(c3c(F)cccc3Cl)C(=O)C2)cn1. The molecule has 20 heavy (non-hydrogen) atoms. The monoisotopic (exact) mass is 292 g/mol. The molecule has 5 nitrogen and oxygen atoms in total. The van der Waals surface area contributed by atoms with E-state index in [4.69, 9.17) is 11.6 Å². The minimum Gasteiger partial charge on any atom is -0.275 e. The number of anilines is 1. The van der Waals surface area contributed by atoms with Crippen molar-refractivity contribution in [2.75, 3.05) is 5.01 Å². The van der Waals surface area contributed by atoms with Crippen molar-refractivity contribution < 1.29 is 9.18 Å². The maximum absolute atomic E-state index is 13.8. The highest BCUT2D eigenvalue weighted by Crippen LogP contribution is 2.32. The summed E-state index contributed by atoms with van der Waals surface area (Å²) in [4.78, 5) is 12.0. The fourth-order valence-electron chi connectivity index (χ4n) is 2.03. The van der Waals surface area contributed by atoms with Crippen molar-refractivity contribution in [1.29, 1.82) is 0 Å². The third-order valence-corrected chi connectivity index (χ3v) is 3.27. The molecular formula is C13H10ClFN4O. The van der Waals surface area contributed by atoms with Crippen LogP contribution in [0.1, 0.15) is 12.0 Å². The number of hydrazone groups is 1. The molecule has 1 aliphatic rings. The summed E-state index contributed by atoms with van der Waals surface area (Å²) in [5, 5.41) is 9.35. The van der Waals surface area contributed by atoms with E-state index in [0.717, 1.165) is 10.6 Å². The van der Waals surface area contributed by atoms with Gasteiger partial charge in [0, 0.05) is 18.8 Å². The topological polar surface area (TPSA) is 50.5 Å². The first-order valence-corrected chi connectivity index (χ1v) is 6.27. The lowest BCUT2D eigenvalue weighted by atomic mass is 10.1. The zero-order valence-electron chi connectivity index (χ0n) is 10.5. The van der Waals surface area contributed by atoms with Gasteiger partial charge in [0.25, 0.3) is 5.91 Å². The Balaban J connectivity index is 2.03. The zero-order valence-corrected chi connectivity index (χ0v) is 11.3. The van der Waals surface area contributed by atoms with Crippen LogP contribution in [0.3, 0.4) is 0 Å². The number of carbonyl (C=O) groups is 1. The van der Waals surface area contributed by atoms with Crippen LogP contribution in [0.4, 0.5) is 10.1 Å². The summed E-state index contributed by atoms with van der Waals surface area (Å²) >= 11 is 5.95. The van der Waals surface area contributed by atoms with Crippen molar-refractivity contribution in [2.45, 2.75) is 6.42 Å². The number of rotatable bonds is 2. The van der Waals surface area contributed by atoms with Crippen molar-refractivity contribution >= 4 is 28.9 Å². The highest BCUT2D eigenvalue weighted by Gasteiger charge is 2.30. The van der Waals surface area contributed by atoms with Gasteiger partial charge in [-0.25, -0.2) is 4.39 Å². The highest BCUT2D eigenvalue weighted by molar-refractivity contribution is 6.34. The Hall–Kier alpha value is -2.21. The average molecular weight is 293 g/mol. The molecule has 0 spiro atoms. The molecule has 2 heterocycles. The number of hydrogen-bond acceptors (Lipinski definition) is 3. The van der Waals surface area contributed by atoms with Gasteiger partial charge in [-0.15, -0.1) is 0 Å². The van der Waals surface area contributed by atoms with Crippen molar-refractivity contribution in [3.63, 3.8) is 0 Å². The van der Waals surface area contributed by atoms with Gasteiger partial charge >= 0.3 is 0 Å². The fraction of sp³-hybridized carbons (Fsp3) is 0.154. The third-order valence-electron chi connectivity index (χ3n) is 2.96. The summed E-state index contributed by atoms with van der Waals surface area (Å²) < 4.78 is 15.5. The lowest BCUT2D eigenvalue weighted by Gasteiger charge is -2.13. The smallest absolute Gasteiger partial charge is 0.253 e. The summed E-state index contributed by atoms with van der Waals surface area (Å²) in [5.41, 5.74) is 1.26. The largest absolute Gasteiger partial charge is 0.275 e. The number of hydrogen-bond donors (Lipinski definition) is 0. The number of benzene rings is 1. The highest BCUT2D eigenvalue weighted by atomic mass is 35.5. The van der Waals surface area contributed by atoms with Crippen LogP contribution in [0.25, 0.3) is 0 Å². The Morgan fingerprint density at radius 3 is 2.85 bits per heavy atom. The molecule has 0 bridgehead atoms. The summed E-state index contributed by atoms with van der Waals surface area (Å²) in [6.07, 6.45) is 3.45. The fourth-order valence-corrected chi connectivity index (χ4v) is 2.27. The number of carbonyl (C=O) groups excluding carboxylic acids is 1. The molecule has 1 aromatic carbocycles. The number of aryl methyl sites for hydroxylation is 1. The van der Waals surface area contributed by atoms with Gasteiger partial charge in [0.15, 0.2) is 5.82 Å². The second-order valence-electron chi connectivity index (χ2n) is 4.40. The van der Waals surface area contributed by atoms with Crippen molar-refractivity contribution in [1.82, 2.24) is 9.78 Å². The molecule has 1 aromatic heterocycles. The van der Waals surface area contributed by atoms with Crippen LogP contribution < -0.4 is 5.01 Å². The molecule has 2 aromatic rings. The van der Waals surface area contributed by atoms with Gasteiger partial charge in [0.05, 0.1) is 23.4 Å². The van der Waals surface area contributed by atoms with E-state index in [1.54, 1.807) is 24.1 Å². The van der Waals surface area contributed by atoms with E-state index < -0.39 is 5.82 Å². The maximum Gasteiger partial charge on any atom is 0.253 e.